The van der Waals surface area contributed by atoms with Crippen molar-refractivity contribution < 1.29 is 18.7 Å². The molecule has 0 atom stereocenters. The number of thioether (sulfide) groups is 1. The zero-order valence-electron chi connectivity index (χ0n) is 18.2. The molecule has 0 radical (unpaired) electrons. The number of rotatable bonds is 9. The average Bonchev–Trinajstić information content (AvgIpc) is 3.46. The molecular weight excluding hydrogens is 475 g/mol. The number of halogens is 1. The maximum absolute atomic E-state index is 13.4. The lowest BCUT2D eigenvalue weighted by atomic mass is 10.2. The van der Waals surface area contributed by atoms with Gasteiger partial charge in [-0.2, -0.15) is 0 Å². The molecule has 0 aliphatic rings. The fourth-order valence-electron chi connectivity index (χ4n) is 3.18. The van der Waals surface area contributed by atoms with Crippen LogP contribution in [0.2, 0.25) is 0 Å². The number of nitrogens with one attached hydrogen (secondary N) is 1. The van der Waals surface area contributed by atoms with Crippen molar-refractivity contribution in [3.63, 3.8) is 0 Å². The molecule has 174 valence electrons. The lowest BCUT2D eigenvalue weighted by Gasteiger charge is -2.11. The first-order chi connectivity index (χ1) is 16.5. The molecule has 0 aliphatic heterocycles. The Balaban J connectivity index is 1.51. The lowest BCUT2D eigenvalue weighted by Crippen LogP contribution is -2.16. The smallest absolute Gasteiger partial charge is 0.341 e. The van der Waals surface area contributed by atoms with Crippen LogP contribution in [0, 0.1) is 5.82 Å². The summed E-state index contributed by atoms with van der Waals surface area (Å²) in [5, 5.41) is 14.1. The Morgan fingerprint density at radius 3 is 2.59 bits per heavy atom. The molecule has 0 unspecified atom stereocenters. The van der Waals surface area contributed by atoms with E-state index in [1.165, 1.54) is 35.2 Å². The molecule has 4 aromatic rings. The summed E-state index contributed by atoms with van der Waals surface area (Å²) < 4.78 is 20.3. The van der Waals surface area contributed by atoms with Gasteiger partial charge in [0, 0.05) is 5.56 Å². The monoisotopic (exact) mass is 496 g/mol. The quantitative estimate of drug-likeness (QED) is 0.256. The van der Waals surface area contributed by atoms with Crippen LogP contribution in [0.25, 0.3) is 11.4 Å². The molecule has 1 N–H and O–H groups in total. The number of esters is 1. The minimum atomic E-state index is -0.474. The summed E-state index contributed by atoms with van der Waals surface area (Å²) in [6.07, 6.45) is 0. The third kappa shape index (κ3) is 5.70. The van der Waals surface area contributed by atoms with Crippen LogP contribution >= 0.6 is 23.1 Å². The lowest BCUT2D eigenvalue weighted by molar-refractivity contribution is -0.113. The van der Waals surface area contributed by atoms with E-state index in [-0.39, 0.29) is 24.1 Å². The molecule has 0 bridgehead atoms. The van der Waals surface area contributed by atoms with Gasteiger partial charge in [-0.3, -0.25) is 9.36 Å². The Hall–Kier alpha value is -3.50. The zero-order chi connectivity index (χ0) is 23.9. The van der Waals surface area contributed by atoms with Gasteiger partial charge in [0.05, 0.1) is 24.5 Å². The number of anilines is 1. The number of hydrogen-bond acceptors (Lipinski definition) is 7. The molecule has 10 heteroatoms. The van der Waals surface area contributed by atoms with Crippen LogP contribution in [0.15, 0.2) is 71.2 Å². The van der Waals surface area contributed by atoms with E-state index in [0.29, 0.717) is 28.1 Å². The van der Waals surface area contributed by atoms with E-state index in [1.54, 1.807) is 30.5 Å². The van der Waals surface area contributed by atoms with Crippen LogP contribution in [0.3, 0.4) is 0 Å². The van der Waals surface area contributed by atoms with Gasteiger partial charge in [0.15, 0.2) is 11.0 Å². The van der Waals surface area contributed by atoms with E-state index < -0.39 is 5.97 Å². The molecule has 34 heavy (non-hydrogen) atoms. The number of thiophene rings is 1. The van der Waals surface area contributed by atoms with Crippen molar-refractivity contribution in [2.45, 2.75) is 18.6 Å². The van der Waals surface area contributed by atoms with Gasteiger partial charge in [-0.1, -0.05) is 42.1 Å². The van der Waals surface area contributed by atoms with E-state index in [9.17, 15) is 14.0 Å². The zero-order valence-corrected chi connectivity index (χ0v) is 19.9. The van der Waals surface area contributed by atoms with Gasteiger partial charge in [0.25, 0.3) is 0 Å². The number of nitrogens with zero attached hydrogens (tertiary/aromatic N) is 3. The summed E-state index contributed by atoms with van der Waals surface area (Å²) in [6.45, 7) is 2.47. The number of aromatic nitrogens is 3. The molecule has 0 spiro atoms. The summed E-state index contributed by atoms with van der Waals surface area (Å²) in [6, 6.07) is 17.5. The van der Waals surface area contributed by atoms with Gasteiger partial charge in [0.2, 0.25) is 5.91 Å². The molecule has 0 saturated carbocycles. The SMILES string of the molecule is CCOC(=O)c1ccsc1NC(=O)CSc1nnc(-c2ccc(F)cc2)n1Cc1ccccc1. The van der Waals surface area contributed by atoms with Crippen molar-refractivity contribution >= 4 is 40.0 Å². The first kappa shape index (κ1) is 23.7. The second kappa shape index (κ2) is 11.1. The number of hydrogen-bond donors (Lipinski definition) is 1. The molecule has 0 aliphatic carbocycles. The highest BCUT2D eigenvalue weighted by Gasteiger charge is 2.19. The van der Waals surface area contributed by atoms with Crippen molar-refractivity contribution in [2.75, 3.05) is 17.7 Å². The maximum Gasteiger partial charge on any atom is 0.341 e. The van der Waals surface area contributed by atoms with Crippen LogP contribution < -0.4 is 5.32 Å². The first-order valence-corrected chi connectivity index (χ1v) is 12.3. The molecule has 2 aromatic carbocycles. The van der Waals surface area contributed by atoms with Gasteiger partial charge in [0.1, 0.15) is 10.8 Å². The highest BCUT2D eigenvalue weighted by atomic mass is 32.2. The van der Waals surface area contributed by atoms with Gasteiger partial charge in [-0.05, 0) is 48.2 Å². The third-order valence-electron chi connectivity index (χ3n) is 4.75. The highest BCUT2D eigenvalue weighted by Crippen LogP contribution is 2.27. The summed E-state index contributed by atoms with van der Waals surface area (Å²) in [4.78, 5) is 24.7. The first-order valence-electron chi connectivity index (χ1n) is 10.5. The number of ether oxygens (including phenoxy) is 1. The highest BCUT2D eigenvalue weighted by molar-refractivity contribution is 7.99. The van der Waals surface area contributed by atoms with Crippen LogP contribution in [-0.4, -0.2) is 39.0 Å². The number of carbonyl (C=O) groups excluding carboxylic acids is 2. The van der Waals surface area contributed by atoms with Crippen molar-refractivity contribution in [3.8, 4) is 11.4 Å². The molecule has 2 heterocycles. The van der Waals surface area contributed by atoms with Crippen molar-refractivity contribution in [1.82, 2.24) is 14.8 Å². The molecular formula is C24H21FN4O3S2. The number of carbonyl (C=O) groups is 2. The van der Waals surface area contributed by atoms with E-state index in [0.717, 1.165) is 11.1 Å². The Bertz CT molecular complexity index is 1270. The van der Waals surface area contributed by atoms with Crippen molar-refractivity contribution in [1.29, 1.82) is 0 Å². The minimum absolute atomic E-state index is 0.0660. The van der Waals surface area contributed by atoms with Crippen molar-refractivity contribution in [3.05, 3.63) is 83.0 Å². The summed E-state index contributed by atoms with van der Waals surface area (Å²) >= 11 is 2.49. The maximum atomic E-state index is 13.4. The number of benzene rings is 2. The molecule has 0 saturated heterocycles. The van der Waals surface area contributed by atoms with Gasteiger partial charge >= 0.3 is 5.97 Å². The average molecular weight is 497 g/mol. The summed E-state index contributed by atoms with van der Waals surface area (Å²) in [7, 11) is 0. The Morgan fingerprint density at radius 2 is 1.85 bits per heavy atom. The van der Waals surface area contributed by atoms with E-state index in [1.807, 2.05) is 34.9 Å². The molecule has 1 amide bonds. The standard InChI is InChI=1S/C24H21FN4O3S2/c1-2-32-23(31)19-12-13-33-22(19)26-20(30)15-34-24-28-27-21(17-8-10-18(25)11-9-17)29(24)14-16-6-4-3-5-7-16/h3-13H,2,14-15H2,1H3,(H,26,30). The normalized spacial score (nSPS) is 10.8. The third-order valence-corrected chi connectivity index (χ3v) is 6.55. The second-order valence-electron chi connectivity index (χ2n) is 7.11. The Morgan fingerprint density at radius 1 is 1.09 bits per heavy atom. The topological polar surface area (TPSA) is 86.1 Å². The predicted octanol–water partition coefficient (Wildman–Crippen LogP) is 5.10. The minimum Gasteiger partial charge on any atom is -0.462 e. The fraction of sp³-hybridized carbons (Fsp3) is 0.167. The van der Waals surface area contributed by atoms with Crippen LogP contribution in [0.1, 0.15) is 22.8 Å². The summed E-state index contributed by atoms with van der Waals surface area (Å²) in [5.74, 6) is -0.445. The van der Waals surface area contributed by atoms with Gasteiger partial charge in [-0.15, -0.1) is 21.5 Å². The molecule has 4 rings (SSSR count). The van der Waals surface area contributed by atoms with E-state index in [4.69, 9.17) is 4.74 Å². The molecule has 2 aromatic heterocycles. The van der Waals surface area contributed by atoms with Crippen molar-refractivity contribution in [2.24, 2.45) is 0 Å². The van der Waals surface area contributed by atoms with Crippen LogP contribution in [0.5, 0.6) is 0 Å². The Kier molecular flexibility index (Phi) is 7.71. The van der Waals surface area contributed by atoms with Gasteiger partial charge < -0.3 is 10.1 Å². The second-order valence-corrected chi connectivity index (χ2v) is 8.96. The number of amides is 1. The van der Waals surface area contributed by atoms with E-state index in [2.05, 4.69) is 15.5 Å². The van der Waals surface area contributed by atoms with Crippen LogP contribution in [0.4, 0.5) is 9.39 Å². The van der Waals surface area contributed by atoms with Crippen LogP contribution in [-0.2, 0) is 16.1 Å². The predicted molar refractivity (Wildman–Crippen MR) is 131 cm³/mol. The summed E-state index contributed by atoms with van der Waals surface area (Å²) in [5.41, 5.74) is 2.09. The largest absolute Gasteiger partial charge is 0.462 e. The fourth-order valence-corrected chi connectivity index (χ4v) is 4.71. The molecule has 0 fully saturated rings. The van der Waals surface area contributed by atoms with Gasteiger partial charge in [-0.25, -0.2) is 9.18 Å². The molecule has 7 nitrogen and oxygen atoms in total. The Labute approximate surface area is 204 Å². The van der Waals surface area contributed by atoms with E-state index >= 15 is 0 Å².